The Kier molecular flexibility index (Phi) is 10.7. The van der Waals surface area contributed by atoms with Crippen molar-refractivity contribution in [1.29, 1.82) is 0 Å². The number of nitrogens with two attached hydrogens (primary N) is 1. The number of hydrogen-bond acceptors (Lipinski definition) is 4. The Morgan fingerprint density at radius 1 is 1.12 bits per heavy atom. The fraction of sp³-hybridized carbons (Fsp3) is 0.727. The first-order chi connectivity index (χ1) is 12.4. The van der Waals surface area contributed by atoms with E-state index in [9.17, 15) is 10.2 Å². The zero-order chi connectivity index (χ0) is 19.4. The van der Waals surface area contributed by atoms with Crippen LogP contribution in [-0.2, 0) is 6.42 Å². The molecule has 1 unspecified atom stereocenters. The summed E-state index contributed by atoms with van der Waals surface area (Å²) in [5.41, 5.74) is 6.50. The van der Waals surface area contributed by atoms with E-state index >= 15 is 0 Å². The molecule has 0 saturated heterocycles. The minimum atomic E-state index is -0.564. The number of aryl methyl sites for hydroxylation is 1. The van der Waals surface area contributed by atoms with Crippen molar-refractivity contribution >= 4 is 0 Å². The van der Waals surface area contributed by atoms with Crippen LogP contribution in [0, 0.1) is 5.92 Å². The molecular weight excluding hydrogens is 326 g/mol. The Balaban J connectivity index is 2.35. The smallest absolute Gasteiger partial charge is 0.122 e. The number of hydrogen-bond donors (Lipinski definition) is 3. The summed E-state index contributed by atoms with van der Waals surface area (Å²) in [4.78, 5) is 0. The standard InChI is InChI=1S/C22H39NO3/c1-4-13-22(23,17-24)14-12-19-10-11-20(16-21(19)25)26-15-8-6-5-7-9-18(2)3/h10-11,16,18,24-25H,4-9,12-15,17,23H2,1-3H3. The highest BCUT2D eigenvalue weighted by Gasteiger charge is 2.23. The number of phenolic OH excluding ortho intramolecular Hbond substituents is 1. The highest BCUT2D eigenvalue weighted by atomic mass is 16.5. The number of rotatable bonds is 14. The maximum atomic E-state index is 10.2. The average molecular weight is 366 g/mol. The summed E-state index contributed by atoms with van der Waals surface area (Å²) in [6, 6.07) is 5.49. The van der Waals surface area contributed by atoms with Crippen LogP contribution in [0.5, 0.6) is 11.5 Å². The molecule has 4 nitrogen and oxygen atoms in total. The zero-order valence-electron chi connectivity index (χ0n) is 17.0. The Morgan fingerprint density at radius 2 is 1.85 bits per heavy atom. The first kappa shape index (κ1) is 22.8. The molecular formula is C22H39NO3. The first-order valence-corrected chi connectivity index (χ1v) is 10.2. The van der Waals surface area contributed by atoms with Crippen molar-refractivity contribution in [2.45, 2.75) is 84.1 Å². The molecule has 0 heterocycles. The van der Waals surface area contributed by atoms with Gasteiger partial charge in [0.15, 0.2) is 0 Å². The molecule has 1 aromatic rings. The molecule has 4 heteroatoms. The van der Waals surface area contributed by atoms with E-state index < -0.39 is 5.54 Å². The van der Waals surface area contributed by atoms with Crippen LogP contribution in [0.4, 0.5) is 0 Å². The minimum absolute atomic E-state index is 0.0278. The predicted octanol–water partition coefficient (Wildman–Crippen LogP) is 4.80. The van der Waals surface area contributed by atoms with E-state index in [1.807, 2.05) is 12.1 Å². The average Bonchev–Trinajstić information content (AvgIpc) is 2.60. The maximum absolute atomic E-state index is 10.2. The third-order valence-corrected chi connectivity index (χ3v) is 4.96. The topological polar surface area (TPSA) is 75.7 Å². The van der Waals surface area contributed by atoms with Crippen LogP contribution in [0.15, 0.2) is 18.2 Å². The number of benzene rings is 1. The Morgan fingerprint density at radius 3 is 2.46 bits per heavy atom. The molecule has 150 valence electrons. The van der Waals surface area contributed by atoms with Crippen LogP contribution in [0.1, 0.15) is 77.7 Å². The van der Waals surface area contributed by atoms with Gasteiger partial charge in [-0.25, -0.2) is 0 Å². The van der Waals surface area contributed by atoms with Crippen molar-refractivity contribution in [2.75, 3.05) is 13.2 Å². The molecule has 1 atom stereocenters. The molecule has 1 rings (SSSR count). The van der Waals surface area contributed by atoms with Gasteiger partial charge in [0.25, 0.3) is 0 Å². The summed E-state index contributed by atoms with van der Waals surface area (Å²) in [7, 11) is 0. The third-order valence-electron chi connectivity index (χ3n) is 4.96. The van der Waals surface area contributed by atoms with Crippen molar-refractivity contribution in [3.05, 3.63) is 23.8 Å². The highest BCUT2D eigenvalue weighted by molar-refractivity contribution is 5.39. The molecule has 0 aliphatic rings. The molecule has 1 aromatic carbocycles. The lowest BCUT2D eigenvalue weighted by Gasteiger charge is -2.27. The van der Waals surface area contributed by atoms with Crippen LogP contribution in [-0.4, -0.2) is 29.0 Å². The normalized spacial score (nSPS) is 13.8. The number of aliphatic hydroxyl groups is 1. The van der Waals surface area contributed by atoms with Crippen molar-refractivity contribution in [3.8, 4) is 11.5 Å². The molecule has 26 heavy (non-hydrogen) atoms. The molecule has 0 aliphatic carbocycles. The van der Waals surface area contributed by atoms with Gasteiger partial charge in [-0.2, -0.15) is 0 Å². The van der Waals surface area contributed by atoms with Gasteiger partial charge in [0.2, 0.25) is 0 Å². The van der Waals surface area contributed by atoms with Crippen molar-refractivity contribution in [1.82, 2.24) is 0 Å². The summed E-state index contributed by atoms with van der Waals surface area (Å²) in [6.07, 6.45) is 9.11. The molecule has 0 amide bonds. The SMILES string of the molecule is CCCC(N)(CO)CCc1ccc(OCCCCCCC(C)C)cc1O. The fourth-order valence-corrected chi connectivity index (χ4v) is 3.21. The summed E-state index contributed by atoms with van der Waals surface area (Å²) in [6.45, 7) is 7.25. The van der Waals surface area contributed by atoms with Gasteiger partial charge in [-0.05, 0) is 43.2 Å². The Labute approximate surface area is 159 Å². The predicted molar refractivity (Wildman–Crippen MR) is 109 cm³/mol. The van der Waals surface area contributed by atoms with Gasteiger partial charge in [-0.1, -0.05) is 58.9 Å². The lowest BCUT2D eigenvalue weighted by Crippen LogP contribution is -2.43. The number of aromatic hydroxyl groups is 1. The van der Waals surface area contributed by atoms with Crippen molar-refractivity contribution < 1.29 is 14.9 Å². The zero-order valence-corrected chi connectivity index (χ0v) is 17.0. The summed E-state index contributed by atoms with van der Waals surface area (Å²) in [5.74, 6) is 1.75. The number of unbranched alkanes of at least 4 members (excludes halogenated alkanes) is 3. The van der Waals surface area contributed by atoms with Gasteiger partial charge in [0, 0.05) is 11.6 Å². The minimum Gasteiger partial charge on any atom is -0.508 e. The summed E-state index contributed by atoms with van der Waals surface area (Å²) >= 11 is 0. The molecule has 0 spiro atoms. The number of aliphatic hydroxyl groups excluding tert-OH is 1. The number of ether oxygens (including phenoxy) is 1. The van der Waals surface area contributed by atoms with Crippen LogP contribution >= 0.6 is 0 Å². The van der Waals surface area contributed by atoms with Crippen LogP contribution in [0.3, 0.4) is 0 Å². The third kappa shape index (κ3) is 8.91. The molecule has 0 saturated carbocycles. The van der Waals surface area contributed by atoms with E-state index in [1.165, 1.54) is 25.7 Å². The maximum Gasteiger partial charge on any atom is 0.122 e. The van der Waals surface area contributed by atoms with Crippen LogP contribution in [0.2, 0.25) is 0 Å². The second-order valence-corrected chi connectivity index (χ2v) is 8.01. The second-order valence-electron chi connectivity index (χ2n) is 8.01. The van der Waals surface area contributed by atoms with Crippen LogP contribution < -0.4 is 10.5 Å². The van der Waals surface area contributed by atoms with E-state index in [1.54, 1.807) is 6.07 Å². The van der Waals surface area contributed by atoms with Gasteiger partial charge in [0.1, 0.15) is 11.5 Å². The van der Waals surface area contributed by atoms with E-state index in [4.69, 9.17) is 10.5 Å². The van der Waals surface area contributed by atoms with E-state index in [2.05, 4.69) is 20.8 Å². The molecule has 0 radical (unpaired) electrons. The second kappa shape index (κ2) is 12.2. The van der Waals surface area contributed by atoms with Gasteiger partial charge in [0.05, 0.1) is 13.2 Å². The van der Waals surface area contributed by atoms with E-state index in [0.29, 0.717) is 25.2 Å². The van der Waals surface area contributed by atoms with Gasteiger partial charge in [-0.15, -0.1) is 0 Å². The molecule has 0 aromatic heterocycles. The van der Waals surface area contributed by atoms with Gasteiger partial charge in [-0.3, -0.25) is 0 Å². The van der Waals surface area contributed by atoms with Crippen molar-refractivity contribution in [3.63, 3.8) is 0 Å². The van der Waals surface area contributed by atoms with Crippen LogP contribution in [0.25, 0.3) is 0 Å². The Bertz CT molecular complexity index is 504. The molecule has 0 fully saturated rings. The first-order valence-electron chi connectivity index (χ1n) is 10.2. The Hall–Kier alpha value is -1.26. The lowest BCUT2D eigenvalue weighted by atomic mass is 9.88. The van der Waals surface area contributed by atoms with Gasteiger partial charge < -0.3 is 20.7 Å². The highest BCUT2D eigenvalue weighted by Crippen LogP contribution is 2.27. The fourth-order valence-electron chi connectivity index (χ4n) is 3.21. The van der Waals surface area contributed by atoms with Crippen molar-refractivity contribution in [2.24, 2.45) is 11.7 Å². The largest absolute Gasteiger partial charge is 0.508 e. The summed E-state index contributed by atoms with van der Waals surface area (Å²) in [5, 5.41) is 19.7. The lowest BCUT2D eigenvalue weighted by molar-refractivity contribution is 0.177. The monoisotopic (exact) mass is 365 g/mol. The van der Waals surface area contributed by atoms with Gasteiger partial charge >= 0.3 is 0 Å². The molecule has 0 aliphatic heterocycles. The number of phenols is 1. The molecule has 4 N–H and O–H groups in total. The summed E-state index contributed by atoms with van der Waals surface area (Å²) < 4.78 is 5.75. The molecule has 0 bridgehead atoms. The van der Waals surface area contributed by atoms with E-state index in [0.717, 1.165) is 30.7 Å². The quantitative estimate of drug-likeness (QED) is 0.414. The van der Waals surface area contributed by atoms with E-state index in [-0.39, 0.29) is 12.4 Å².